The van der Waals surface area contributed by atoms with Gasteiger partial charge in [-0.1, -0.05) is 0 Å². The van der Waals surface area contributed by atoms with Crippen LogP contribution in [0.3, 0.4) is 0 Å². The SMILES string of the molecule is O=CC(O)C(OC1OC(COC2OC(COC3OC(CO)C(O)C(O)C3O)C(O)C(O)C2O)C(O)C(O)C1O)C(O)C(O)CO. The van der Waals surface area contributed by atoms with Gasteiger partial charge in [0, 0.05) is 0 Å². The molecule has 0 aromatic rings. The highest BCUT2D eigenvalue weighted by molar-refractivity contribution is 5.56. The van der Waals surface area contributed by atoms with E-state index >= 15 is 0 Å². The van der Waals surface area contributed by atoms with Crippen LogP contribution in [-0.2, 0) is 33.2 Å². The van der Waals surface area contributed by atoms with Crippen LogP contribution in [0.2, 0.25) is 0 Å². The molecule has 3 aliphatic heterocycles. The first-order valence-electron chi connectivity index (χ1n) is 13.9. The summed E-state index contributed by atoms with van der Waals surface area (Å²) in [4.78, 5) is 11.1. The van der Waals surface area contributed by atoms with Gasteiger partial charge in [-0.05, 0) is 0 Å². The molecular formula is C24H42O21. The number of hydrogen-bond acceptors (Lipinski definition) is 21. The predicted molar refractivity (Wildman–Crippen MR) is 135 cm³/mol. The van der Waals surface area contributed by atoms with Crippen molar-refractivity contribution < 1.29 is 105 Å². The minimum absolute atomic E-state index is 0.0850. The highest BCUT2D eigenvalue weighted by atomic mass is 16.7. The fraction of sp³-hybridized carbons (Fsp3) is 0.958. The lowest BCUT2D eigenvalue weighted by Gasteiger charge is -2.44. The maximum Gasteiger partial charge on any atom is 0.187 e. The van der Waals surface area contributed by atoms with Crippen molar-refractivity contribution in [2.45, 2.75) is 117 Å². The Morgan fingerprint density at radius 1 is 0.578 bits per heavy atom. The first-order valence-corrected chi connectivity index (χ1v) is 13.9. The molecule has 21 heteroatoms. The third-order valence-corrected chi connectivity index (χ3v) is 7.72. The number of rotatable bonds is 14. The van der Waals surface area contributed by atoms with E-state index < -0.39 is 143 Å². The summed E-state index contributed by atoms with van der Waals surface area (Å²) >= 11 is 0. The van der Waals surface area contributed by atoms with Gasteiger partial charge in [-0.2, -0.15) is 0 Å². The van der Waals surface area contributed by atoms with Crippen molar-refractivity contribution in [3.63, 3.8) is 0 Å². The summed E-state index contributed by atoms with van der Waals surface area (Å²) in [6, 6.07) is 0. The molecule has 3 heterocycles. The van der Waals surface area contributed by atoms with Crippen LogP contribution < -0.4 is 0 Å². The maximum absolute atomic E-state index is 11.1. The molecule has 19 atom stereocenters. The standard InChI is InChI=1S/C24H42O21/c25-1-6(28)11(30)21(7(29)2-26)45-24-20(39)17(36)14(33)10(44-24)5-41-23-19(38)16(35)13(32)9(43-23)4-40-22-18(37)15(34)12(31)8(3-27)42-22/h2,6-25,27-39H,1,3-5H2. The zero-order chi connectivity index (χ0) is 33.7. The Hall–Kier alpha value is -1.13. The lowest BCUT2D eigenvalue weighted by molar-refractivity contribution is -0.348. The Morgan fingerprint density at radius 2 is 0.978 bits per heavy atom. The Morgan fingerprint density at radius 3 is 1.40 bits per heavy atom. The Balaban J connectivity index is 1.65. The van der Waals surface area contributed by atoms with Crippen molar-refractivity contribution in [1.29, 1.82) is 0 Å². The molecule has 3 rings (SSSR count). The zero-order valence-electron chi connectivity index (χ0n) is 23.5. The Labute approximate surface area is 254 Å². The molecule has 0 saturated carbocycles. The summed E-state index contributed by atoms with van der Waals surface area (Å²) in [6.45, 7) is -3.21. The molecule has 0 aromatic carbocycles. The third-order valence-electron chi connectivity index (χ3n) is 7.72. The van der Waals surface area contributed by atoms with Crippen molar-refractivity contribution >= 4 is 6.29 Å². The molecule has 3 aliphatic rings. The van der Waals surface area contributed by atoms with Gasteiger partial charge >= 0.3 is 0 Å². The van der Waals surface area contributed by atoms with E-state index in [-0.39, 0.29) is 6.29 Å². The van der Waals surface area contributed by atoms with Crippen LogP contribution in [0.4, 0.5) is 0 Å². The van der Waals surface area contributed by atoms with Gasteiger partial charge in [0.25, 0.3) is 0 Å². The van der Waals surface area contributed by atoms with E-state index in [0.717, 1.165) is 0 Å². The van der Waals surface area contributed by atoms with Gasteiger partial charge in [0.2, 0.25) is 0 Å². The number of aliphatic hydroxyl groups excluding tert-OH is 14. The average Bonchev–Trinajstić information content (AvgIpc) is 3.04. The fourth-order valence-electron chi connectivity index (χ4n) is 4.87. The molecule has 3 fully saturated rings. The average molecular weight is 667 g/mol. The van der Waals surface area contributed by atoms with Gasteiger partial charge < -0.3 is 105 Å². The highest BCUT2D eigenvalue weighted by Crippen LogP contribution is 2.29. The van der Waals surface area contributed by atoms with E-state index in [1.54, 1.807) is 0 Å². The summed E-state index contributed by atoms with van der Waals surface area (Å²) in [6.07, 6.45) is -34.9. The van der Waals surface area contributed by atoms with E-state index in [0.29, 0.717) is 0 Å². The van der Waals surface area contributed by atoms with Crippen molar-refractivity contribution in [2.24, 2.45) is 0 Å². The number of carbonyl (C=O) groups is 1. The van der Waals surface area contributed by atoms with Gasteiger partial charge in [0.05, 0.1) is 26.4 Å². The lowest BCUT2D eigenvalue weighted by atomic mass is 9.97. The predicted octanol–water partition coefficient (Wildman–Crippen LogP) is -9.91. The summed E-state index contributed by atoms with van der Waals surface area (Å²) < 4.78 is 32.0. The minimum atomic E-state index is -2.11. The quantitative estimate of drug-likeness (QED) is 0.0765. The monoisotopic (exact) mass is 666 g/mol. The molecule has 264 valence electrons. The summed E-state index contributed by atoms with van der Waals surface area (Å²) in [7, 11) is 0. The van der Waals surface area contributed by atoms with Crippen molar-refractivity contribution in [3.8, 4) is 0 Å². The fourth-order valence-corrected chi connectivity index (χ4v) is 4.87. The van der Waals surface area contributed by atoms with E-state index in [9.17, 15) is 71.2 Å². The van der Waals surface area contributed by atoms with E-state index in [1.165, 1.54) is 0 Å². The lowest BCUT2D eigenvalue weighted by Crippen LogP contribution is -2.63. The normalized spacial score (nSPS) is 45.4. The van der Waals surface area contributed by atoms with E-state index in [2.05, 4.69) is 0 Å². The third kappa shape index (κ3) is 8.67. The molecule has 0 aliphatic carbocycles. The molecule has 21 nitrogen and oxygen atoms in total. The summed E-state index contributed by atoms with van der Waals surface area (Å²) in [5.74, 6) is 0. The van der Waals surface area contributed by atoms with Gasteiger partial charge in [0.1, 0.15) is 97.7 Å². The second-order valence-electron chi connectivity index (χ2n) is 10.9. The van der Waals surface area contributed by atoms with Crippen LogP contribution in [0.15, 0.2) is 0 Å². The minimum Gasteiger partial charge on any atom is -0.394 e. The van der Waals surface area contributed by atoms with Gasteiger partial charge in [-0.25, -0.2) is 0 Å². The van der Waals surface area contributed by atoms with Crippen molar-refractivity contribution in [3.05, 3.63) is 0 Å². The molecule has 0 bridgehead atoms. The van der Waals surface area contributed by atoms with Crippen molar-refractivity contribution in [1.82, 2.24) is 0 Å². The zero-order valence-corrected chi connectivity index (χ0v) is 23.5. The maximum atomic E-state index is 11.1. The topological polar surface area (TPSA) is 356 Å². The van der Waals surface area contributed by atoms with Crippen LogP contribution in [0.1, 0.15) is 0 Å². The molecule has 14 N–H and O–H groups in total. The molecule has 45 heavy (non-hydrogen) atoms. The Kier molecular flexibility index (Phi) is 14.3. The van der Waals surface area contributed by atoms with Gasteiger partial charge in [0.15, 0.2) is 25.2 Å². The first kappa shape index (κ1) is 38.3. The summed E-state index contributed by atoms with van der Waals surface area (Å²) in [5.41, 5.74) is 0. The molecular weight excluding hydrogens is 624 g/mol. The summed E-state index contributed by atoms with van der Waals surface area (Å²) in [5, 5.41) is 140. The van der Waals surface area contributed by atoms with Crippen LogP contribution in [0.25, 0.3) is 0 Å². The molecule has 19 unspecified atom stereocenters. The number of hydrogen-bond donors (Lipinski definition) is 14. The van der Waals surface area contributed by atoms with Crippen LogP contribution in [-0.4, -0.2) is 221 Å². The van der Waals surface area contributed by atoms with Gasteiger partial charge in [-0.3, -0.25) is 0 Å². The molecule has 0 spiro atoms. The molecule has 3 saturated heterocycles. The highest BCUT2D eigenvalue weighted by Gasteiger charge is 2.50. The largest absolute Gasteiger partial charge is 0.394 e. The van der Waals surface area contributed by atoms with E-state index in [1.807, 2.05) is 0 Å². The van der Waals surface area contributed by atoms with Crippen molar-refractivity contribution in [2.75, 3.05) is 26.4 Å². The molecule has 0 aromatic heterocycles. The van der Waals surface area contributed by atoms with Gasteiger partial charge in [-0.15, -0.1) is 0 Å². The van der Waals surface area contributed by atoms with E-state index in [4.69, 9.17) is 33.5 Å². The van der Waals surface area contributed by atoms with Crippen LogP contribution in [0, 0.1) is 0 Å². The second kappa shape index (κ2) is 16.8. The van der Waals surface area contributed by atoms with Crippen LogP contribution >= 0.6 is 0 Å². The Bertz CT molecular complexity index is 899. The molecule has 0 radical (unpaired) electrons. The number of ether oxygens (including phenoxy) is 6. The van der Waals surface area contributed by atoms with Crippen LogP contribution in [0.5, 0.6) is 0 Å². The second-order valence-corrected chi connectivity index (χ2v) is 10.9. The first-order chi connectivity index (χ1) is 21.2. The number of aldehydes is 1. The number of carbonyl (C=O) groups excluding carboxylic acids is 1. The number of aliphatic hydroxyl groups is 14. The molecule has 0 amide bonds. The smallest absolute Gasteiger partial charge is 0.187 e.